The maximum absolute atomic E-state index is 6.33. The van der Waals surface area contributed by atoms with E-state index >= 15 is 0 Å². The number of hydrazine groups is 1. The van der Waals surface area contributed by atoms with E-state index in [1.165, 1.54) is 0 Å². The number of nitrogens with two attached hydrogens (primary N) is 1. The first kappa shape index (κ1) is 15.5. The number of nitrogens with one attached hydrogen (secondary N) is 1. The molecule has 21 heavy (non-hydrogen) atoms. The molecule has 4 nitrogen and oxygen atoms in total. The molecule has 0 radical (unpaired) electrons. The van der Waals surface area contributed by atoms with Gasteiger partial charge in [0.1, 0.15) is 0 Å². The fourth-order valence-electron chi connectivity index (χ4n) is 3.45. The van der Waals surface area contributed by atoms with Crippen molar-refractivity contribution in [3.8, 4) is 0 Å². The van der Waals surface area contributed by atoms with Crippen LogP contribution in [0.4, 0.5) is 0 Å². The Balaban J connectivity index is 1.84. The quantitative estimate of drug-likeness (QED) is 0.660. The van der Waals surface area contributed by atoms with Crippen LogP contribution in [0.5, 0.6) is 0 Å². The fourth-order valence-corrected chi connectivity index (χ4v) is 3.86. The number of hydrogen-bond acceptors (Lipinski definition) is 4. The summed E-state index contributed by atoms with van der Waals surface area (Å²) in [6, 6.07) is 5.47. The van der Waals surface area contributed by atoms with Gasteiger partial charge in [-0.25, -0.2) is 0 Å². The second-order valence-corrected chi connectivity index (χ2v) is 6.74. The second kappa shape index (κ2) is 6.41. The second-order valence-electron chi connectivity index (χ2n) is 5.90. The molecule has 0 aliphatic carbocycles. The maximum Gasteiger partial charge on any atom is 0.0940 e. The zero-order valence-corrected chi connectivity index (χ0v) is 13.3. The number of ether oxygens (including phenoxy) is 2. The molecule has 116 valence electrons. The summed E-state index contributed by atoms with van der Waals surface area (Å²) in [5.41, 5.74) is 3.72. The van der Waals surface area contributed by atoms with Gasteiger partial charge in [0.15, 0.2) is 0 Å². The van der Waals surface area contributed by atoms with Crippen LogP contribution in [-0.2, 0) is 9.47 Å². The topological polar surface area (TPSA) is 56.5 Å². The predicted molar refractivity (Wildman–Crippen MR) is 83.4 cm³/mol. The minimum absolute atomic E-state index is 0.0300. The van der Waals surface area contributed by atoms with E-state index in [4.69, 9.17) is 38.5 Å². The lowest BCUT2D eigenvalue weighted by atomic mass is 9.79. The van der Waals surface area contributed by atoms with Crippen LogP contribution >= 0.6 is 23.2 Å². The summed E-state index contributed by atoms with van der Waals surface area (Å²) in [5.74, 6) is 6.17. The summed E-state index contributed by atoms with van der Waals surface area (Å²) in [7, 11) is 0. The summed E-state index contributed by atoms with van der Waals surface area (Å²) >= 11 is 12.4. The molecule has 0 saturated carbocycles. The summed E-state index contributed by atoms with van der Waals surface area (Å²) < 4.78 is 11.5. The molecule has 2 aliphatic rings. The Hall–Kier alpha value is -0.360. The third-order valence-corrected chi connectivity index (χ3v) is 5.12. The lowest BCUT2D eigenvalue weighted by Crippen LogP contribution is -2.45. The van der Waals surface area contributed by atoms with Gasteiger partial charge in [-0.15, -0.1) is 0 Å². The SMILES string of the molecule is NNC(c1cc(Cl)ccc1Cl)C1CCOC2(CCOC2)C1. The van der Waals surface area contributed by atoms with Crippen LogP contribution < -0.4 is 11.3 Å². The van der Waals surface area contributed by atoms with E-state index in [-0.39, 0.29) is 11.6 Å². The molecule has 0 amide bonds. The molecule has 1 aromatic rings. The van der Waals surface area contributed by atoms with Gasteiger partial charge in [-0.1, -0.05) is 23.2 Å². The van der Waals surface area contributed by atoms with Gasteiger partial charge in [0, 0.05) is 29.7 Å². The molecule has 2 aliphatic heterocycles. The number of hydrogen-bond donors (Lipinski definition) is 2. The summed E-state index contributed by atoms with van der Waals surface area (Å²) in [6.45, 7) is 2.17. The maximum atomic E-state index is 6.33. The molecule has 2 fully saturated rings. The van der Waals surface area contributed by atoms with Crippen LogP contribution in [0.3, 0.4) is 0 Å². The van der Waals surface area contributed by atoms with Crippen molar-refractivity contribution in [1.82, 2.24) is 5.43 Å². The van der Waals surface area contributed by atoms with Gasteiger partial charge in [-0.05, 0) is 42.5 Å². The van der Waals surface area contributed by atoms with Crippen molar-refractivity contribution in [3.05, 3.63) is 33.8 Å². The van der Waals surface area contributed by atoms with E-state index in [1.54, 1.807) is 6.07 Å². The van der Waals surface area contributed by atoms with E-state index in [1.807, 2.05) is 12.1 Å². The third kappa shape index (κ3) is 3.21. The van der Waals surface area contributed by atoms with E-state index in [0.717, 1.165) is 38.0 Å². The Morgan fingerprint density at radius 1 is 1.33 bits per heavy atom. The zero-order valence-electron chi connectivity index (χ0n) is 11.8. The number of benzene rings is 1. The van der Waals surface area contributed by atoms with E-state index in [9.17, 15) is 0 Å². The lowest BCUT2D eigenvalue weighted by Gasteiger charge is -2.40. The Kier molecular flexibility index (Phi) is 4.74. The molecule has 3 atom stereocenters. The number of halogens is 2. The van der Waals surface area contributed by atoms with Gasteiger partial charge >= 0.3 is 0 Å². The first-order valence-corrected chi connectivity index (χ1v) is 8.02. The van der Waals surface area contributed by atoms with Gasteiger partial charge in [0.2, 0.25) is 0 Å². The van der Waals surface area contributed by atoms with Gasteiger partial charge < -0.3 is 9.47 Å². The fraction of sp³-hybridized carbons (Fsp3) is 0.600. The van der Waals surface area contributed by atoms with Gasteiger partial charge in [-0.2, -0.15) is 0 Å². The average Bonchev–Trinajstić information content (AvgIpc) is 2.91. The first-order chi connectivity index (χ1) is 10.1. The molecule has 2 saturated heterocycles. The molecule has 3 N–H and O–H groups in total. The van der Waals surface area contributed by atoms with Gasteiger partial charge in [0.05, 0.1) is 18.2 Å². The van der Waals surface area contributed by atoms with Gasteiger partial charge in [0.25, 0.3) is 0 Å². The van der Waals surface area contributed by atoms with E-state index in [2.05, 4.69) is 5.43 Å². The van der Waals surface area contributed by atoms with Crippen LogP contribution in [0.15, 0.2) is 18.2 Å². The molecule has 6 heteroatoms. The highest BCUT2D eigenvalue weighted by Gasteiger charge is 2.43. The Bertz CT molecular complexity index is 506. The highest BCUT2D eigenvalue weighted by atomic mass is 35.5. The molecule has 1 spiro atoms. The lowest BCUT2D eigenvalue weighted by molar-refractivity contribution is -0.103. The van der Waals surface area contributed by atoms with Crippen molar-refractivity contribution in [1.29, 1.82) is 0 Å². The minimum atomic E-state index is -0.150. The molecule has 1 aromatic carbocycles. The van der Waals surface area contributed by atoms with Gasteiger partial charge in [-0.3, -0.25) is 11.3 Å². The molecule has 3 rings (SSSR count). The van der Waals surface area contributed by atoms with Crippen molar-refractivity contribution in [2.45, 2.75) is 30.9 Å². The van der Waals surface area contributed by atoms with Crippen LogP contribution in [0.1, 0.15) is 30.9 Å². The standard InChI is InChI=1S/C15H20Cl2N2O2/c16-11-1-2-13(17)12(7-11)14(19-18)10-3-5-21-15(8-10)4-6-20-9-15/h1-2,7,10,14,19H,3-6,8-9,18H2. The highest BCUT2D eigenvalue weighted by Crippen LogP contribution is 2.42. The van der Waals surface area contributed by atoms with Crippen LogP contribution in [0.2, 0.25) is 10.0 Å². The van der Waals surface area contributed by atoms with Crippen molar-refractivity contribution >= 4 is 23.2 Å². The molecule has 0 bridgehead atoms. The van der Waals surface area contributed by atoms with Crippen molar-refractivity contribution in [2.24, 2.45) is 11.8 Å². The van der Waals surface area contributed by atoms with Crippen molar-refractivity contribution in [2.75, 3.05) is 19.8 Å². The predicted octanol–water partition coefficient (Wildman–Crippen LogP) is 3.08. The average molecular weight is 331 g/mol. The minimum Gasteiger partial charge on any atom is -0.378 e. The highest BCUT2D eigenvalue weighted by molar-refractivity contribution is 6.33. The van der Waals surface area contributed by atoms with E-state index < -0.39 is 0 Å². The van der Waals surface area contributed by atoms with Crippen LogP contribution in [0, 0.1) is 5.92 Å². The molecule has 0 aromatic heterocycles. The van der Waals surface area contributed by atoms with Crippen molar-refractivity contribution < 1.29 is 9.47 Å². The monoisotopic (exact) mass is 330 g/mol. The van der Waals surface area contributed by atoms with E-state index in [0.29, 0.717) is 22.6 Å². The largest absolute Gasteiger partial charge is 0.378 e. The van der Waals surface area contributed by atoms with Crippen LogP contribution in [-0.4, -0.2) is 25.4 Å². The molecule has 3 unspecified atom stereocenters. The summed E-state index contributed by atoms with van der Waals surface area (Å²) in [5, 5.41) is 1.35. The molecule has 2 heterocycles. The Labute approximate surface area is 134 Å². The van der Waals surface area contributed by atoms with Crippen LogP contribution in [0.25, 0.3) is 0 Å². The summed E-state index contributed by atoms with van der Waals surface area (Å²) in [6.07, 6.45) is 2.81. The smallest absolute Gasteiger partial charge is 0.0940 e. The Morgan fingerprint density at radius 3 is 2.90 bits per heavy atom. The summed E-state index contributed by atoms with van der Waals surface area (Å²) in [4.78, 5) is 0. The zero-order chi connectivity index (χ0) is 14.9. The normalized spacial score (nSPS) is 30.7. The Morgan fingerprint density at radius 2 is 2.19 bits per heavy atom. The first-order valence-electron chi connectivity index (χ1n) is 7.26. The molecular weight excluding hydrogens is 311 g/mol. The number of rotatable bonds is 3. The van der Waals surface area contributed by atoms with Crippen molar-refractivity contribution in [3.63, 3.8) is 0 Å². The third-order valence-electron chi connectivity index (χ3n) is 4.54. The molecular formula is C15H20Cl2N2O2.